The molecular formula is C26H29N5O3S. The number of nitrogens with zero attached hydrogens (tertiary/aromatic N) is 4. The third kappa shape index (κ3) is 6.24. The van der Waals surface area contributed by atoms with Crippen molar-refractivity contribution in [3.63, 3.8) is 0 Å². The molecule has 0 aliphatic carbocycles. The van der Waals surface area contributed by atoms with Gasteiger partial charge in [0.05, 0.1) is 18.2 Å². The summed E-state index contributed by atoms with van der Waals surface area (Å²) in [5.74, 6) is 0. The van der Waals surface area contributed by atoms with Crippen LogP contribution >= 0.6 is 0 Å². The highest BCUT2D eigenvalue weighted by molar-refractivity contribution is 7.87. The Bertz CT molecular complexity index is 1260. The number of nitriles is 1. The third-order valence-electron chi connectivity index (χ3n) is 6.02. The summed E-state index contributed by atoms with van der Waals surface area (Å²) in [6, 6.07) is 21.1. The summed E-state index contributed by atoms with van der Waals surface area (Å²) >= 11 is 0. The highest BCUT2D eigenvalue weighted by atomic mass is 32.2. The largest absolute Gasteiger partial charge is 0.383 e. The summed E-state index contributed by atoms with van der Waals surface area (Å²) in [5, 5.41) is 9.50. The zero-order chi connectivity index (χ0) is 24.7. The van der Waals surface area contributed by atoms with Gasteiger partial charge in [-0.25, -0.2) is 0 Å². The lowest BCUT2D eigenvalue weighted by Gasteiger charge is -2.32. The second kappa shape index (κ2) is 11.4. The molecule has 1 atom stereocenters. The maximum atomic E-state index is 13.5. The first-order valence-electron chi connectivity index (χ1n) is 11.5. The third-order valence-corrected chi connectivity index (χ3v) is 7.64. The van der Waals surface area contributed by atoms with Gasteiger partial charge < -0.3 is 9.64 Å². The lowest BCUT2D eigenvalue weighted by molar-refractivity contribution is 0.203. The molecule has 1 aromatic heterocycles. The molecule has 2 aromatic carbocycles. The van der Waals surface area contributed by atoms with Crippen LogP contribution in [0, 0.1) is 11.3 Å². The second-order valence-electron chi connectivity index (χ2n) is 8.48. The van der Waals surface area contributed by atoms with E-state index in [9.17, 15) is 13.7 Å². The Labute approximate surface area is 207 Å². The Morgan fingerprint density at radius 2 is 1.94 bits per heavy atom. The van der Waals surface area contributed by atoms with E-state index >= 15 is 0 Å². The Balaban J connectivity index is 1.76. The number of nitrogens with one attached hydrogen (secondary N) is 1. The molecule has 1 N–H and O–H groups in total. The fraction of sp³-hybridized carbons (Fsp3) is 0.308. The lowest BCUT2D eigenvalue weighted by atomic mass is 10.1. The topological polar surface area (TPSA) is 98.6 Å². The van der Waals surface area contributed by atoms with Gasteiger partial charge >= 0.3 is 0 Å². The molecule has 0 amide bonds. The molecule has 0 radical (unpaired) electrons. The Morgan fingerprint density at radius 1 is 1.14 bits per heavy atom. The molecule has 0 saturated carbocycles. The molecule has 182 valence electrons. The number of hydrogen-bond acceptors (Lipinski definition) is 6. The van der Waals surface area contributed by atoms with Crippen LogP contribution in [0.2, 0.25) is 0 Å². The SMILES string of the molecule is COCCNS(=O)(=O)N1Cc2cc(C#N)ccc2N(Cc2cccnc2)C[C@H]1Cc1ccccc1. The average Bonchev–Trinajstić information content (AvgIpc) is 3.02. The summed E-state index contributed by atoms with van der Waals surface area (Å²) in [6.07, 6.45) is 4.10. The minimum absolute atomic E-state index is 0.161. The second-order valence-corrected chi connectivity index (χ2v) is 10.2. The fourth-order valence-corrected chi connectivity index (χ4v) is 5.73. The highest BCUT2D eigenvalue weighted by Gasteiger charge is 2.35. The summed E-state index contributed by atoms with van der Waals surface area (Å²) in [7, 11) is -2.29. The van der Waals surface area contributed by atoms with E-state index in [4.69, 9.17) is 4.74 Å². The summed E-state index contributed by atoms with van der Waals surface area (Å²) in [5.41, 5.74) is 4.28. The zero-order valence-corrected chi connectivity index (χ0v) is 20.5. The van der Waals surface area contributed by atoms with Gasteiger partial charge in [-0.3, -0.25) is 4.98 Å². The monoisotopic (exact) mass is 491 g/mol. The van der Waals surface area contributed by atoms with Crippen molar-refractivity contribution in [2.24, 2.45) is 0 Å². The van der Waals surface area contributed by atoms with Crippen LogP contribution in [0.5, 0.6) is 0 Å². The predicted molar refractivity (Wildman–Crippen MR) is 135 cm³/mol. The number of ether oxygens (including phenoxy) is 1. The summed E-state index contributed by atoms with van der Waals surface area (Å²) in [4.78, 5) is 6.43. The van der Waals surface area contributed by atoms with Gasteiger partial charge in [-0.1, -0.05) is 36.4 Å². The quantitative estimate of drug-likeness (QED) is 0.462. The van der Waals surface area contributed by atoms with E-state index < -0.39 is 10.2 Å². The normalized spacial score (nSPS) is 16.3. The van der Waals surface area contributed by atoms with Gasteiger partial charge in [-0.2, -0.15) is 22.7 Å². The van der Waals surface area contributed by atoms with Crippen LogP contribution in [0.3, 0.4) is 0 Å². The number of anilines is 1. The van der Waals surface area contributed by atoms with Gasteiger partial charge in [-0.15, -0.1) is 0 Å². The smallest absolute Gasteiger partial charge is 0.280 e. The van der Waals surface area contributed by atoms with Crippen LogP contribution in [0.15, 0.2) is 73.1 Å². The number of fused-ring (bicyclic) bond motifs is 1. The van der Waals surface area contributed by atoms with E-state index in [1.165, 1.54) is 11.4 Å². The number of hydrogen-bond donors (Lipinski definition) is 1. The van der Waals surface area contributed by atoms with Crippen LogP contribution in [-0.4, -0.2) is 50.6 Å². The van der Waals surface area contributed by atoms with Crippen molar-refractivity contribution in [2.75, 3.05) is 31.7 Å². The van der Waals surface area contributed by atoms with Gasteiger partial charge in [-0.05, 0) is 47.4 Å². The molecule has 4 rings (SSSR count). The van der Waals surface area contributed by atoms with Crippen LogP contribution in [0.1, 0.15) is 22.3 Å². The van der Waals surface area contributed by atoms with Crippen molar-refractivity contribution in [1.29, 1.82) is 5.26 Å². The van der Waals surface area contributed by atoms with Crippen LogP contribution in [0.25, 0.3) is 0 Å². The standard InChI is InChI=1S/C26H29N5O3S/c1-34-13-12-29-35(32,33)31-19-24-14-22(16-27)9-10-26(24)30(18-23-8-5-11-28-17-23)20-25(31)15-21-6-3-2-4-7-21/h2-11,14,17,25,29H,12-13,15,18-20H2,1H3/t25-/m1/s1. The highest BCUT2D eigenvalue weighted by Crippen LogP contribution is 2.32. The number of aromatic nitrogens is 1. The minimum Gasteiger partial charge on any atom is -0.383 e. The zero-order valence-electron chi connectivity index (χ0n) is 19.7. The van der Waals surface area contributed by atoms with E-state index in [-0.39, 0.29) is 25.7 Å². The molecule has 8 nitrogen and oxygen atoms in total. The maximum absolute atomic E-state index is 13.5. The average molecular weight is 492 g/mol. The summed E-state index contributed by atoms with van der Waals surface area (Å²) in [6.45, 7) is 1.67. The first-order valence-corrected chi connectivity index (χ1v) is 12.9. The van der Waals surface area contributed by atoms with Gasteiger partial charge in [0.15, 0.2) is 0 Å². The van der Waals surface area contributed by atoms with Gasteiger partial charge in [0.2, 0.25) is 0 Å². The Kier molecular flexibility index (Phi) is 8.10. The van der Waals surface area contributed by atoms with E-state index in [0.717, 1.165) is 22.4 Å². The van der Waals surface area contributed by atoms with Gasteiger partial charge in [0.25, 0.3) is 10.2 Å². The van der Waals surface area contributed by atoms with Crippen molar-refractivity contribution < 1.29 is 13.2 Å². The van der Waals surface area contributed by atoms with Crippen molar-refractivity contribution in [3.05, 3.63) is 95.3 Å². The molecule has 0 fully saturated rings. The fourth-order valence-electron chi connectivity index (χ4n) is 4.38. The van der Waals surface area contributed by atoms with E-state index in [0.29, 0.717) is 25.1 Å². The Hall–Kier alpha value is -3.29. The molecule has 0 bridgehead atoms. The molecule has 0 spiro atoms. The van der Waals surface area contributed by atoms with Crippen molar-refractivity contribution in [1.82, 2.24) is 14.0 Å². The Morgan fingerprint density at radius 3 is 2.66 bits per heavy atom. The van der Waals surface area contributed by atoms with Gasteiger partial charge in [0.1, 0.15) is 0 Å². The molecule has 3 aromatic rings. The minimum atomic E-state index is -3.83. The van der Waals surface area contributed by atoms with E-state index in [1.807, 2.05) is 54.7 Å². The molecule has 35 heavy (non-hydrogen) atoms. The van der Waals surface area contributed by atoms with E-state index in [1.54, 1.807) is 18.3 Å². The lowest BCUT2D eigenvalue weighted by Crippen LogP contribution is -2.50. The molecular weight excluding hydrogens is 462 g/mol. The van der Waals surface area contributed by atoms with Crippen molar-refractivity contribution >= 4 is 15.9 Å². The van der Waals surface area contributed by atoms with Gasteiger partial charge in [0, 0.05) is 57.4 Å². The molecule has 0 unspecified atom stereocenters. The van der Waals surface area contributed by atoms with Crippen LogP contribution in [0.4, 0.5) is 5.69 Å². The molecule has 9 heteroatoms. The molecule has 0 saturated heterocycles. The first kappa shape index (κ1) is 24.8. The molecule has 2 heterocycles. The van der Waals surface area contributed by atoms with Crippen LogP contribution < -0.4 is 9.62 Å². The molecule has 1 aliphatic rings. The number of methoxy groups -OCH3 is 1. The number of rotatable bonds is 9. The van der Waals surface area contributed by atoms with Crippen LogP contribution in [-0.2, 0) is 34.5 Å². The number of benzene rings is 2. The maximum Gasteiger partial charge on any atom is 0.280 e. The van der Waals surface area contributed by atoms with Crippen molar-refractivity contribution in [3.8, 4) is 6.07 Å². The predicted octanol–water partition coefficient (Wildman–Crippen LogP) is 2.87. The number of pyridine rings is 1. The van der Waals surface area contributed by atoms with Crippen molar-refractivity contribution in [2.45, 2.75) is 25.6 Å². The molecule has 1 aliphatic heterocycles. The first-order chi connectivity index (χ1) is 17.0. The summed E-state index contributed by atoms with van der Waals surface area (Å²) < 4.78 is 36.3. The van der Waals surface area contributed by atoms with E-state index in [2.05, 4.69) is 20.7 Å².